The Morgan fingerprint density at radius 3 is 2.62 bits per heavy atom. The van der Waals surface area contributed by atoms with E-state index in [2.05, 4.69) is 36.1 Å². The Morgan fingerprint density at radius 1 is 1.23 bits per heavy atom. The molecule has 1 N–H and O–H groups in total. The maximum absolute atomic E-state index is 12.6. The van der Waals surface area contributed by atoms with Crippen molar-refractivity contribution in [1.29, 1.82) is 0 Å². The number of carbonyl (C=O) groups excluding carboxylic acids is 1. The fourth-order valence-electron chi connectivity index (χ4n) is 2.99. The largest absolute Gasteiger partial charge is 0.472 e. The van der Waals surface area contributed by atoms with Crippen LogP contribution in [0.3, 0.4) is 0 Å². The van der Waals surface area contributed by atoms with Crippen LogP contribution < -0.4 is 15.0 Å². The third-order valence-electron chi connectivity index (χ3n) is 4.29. The number of hydrogen-bond donors (Lipinski definition) is 1. The van der Waals surface area contributed by atoms with Crippen molar-refractivity contribution in [2.24, 2.45) is 5.92 Å². The monoisotopic (exact) mass is 418 g/mol. The molecule has 0 atom stereocenters. The molecular formula is C19H23BrN4O2. The minimum Gasteiger partial charge on any atom is -0.472 e. The molecule has 1 aliphatic rings. The van der Waals surface area contributed by atoms with E-state index in [-0.39, 0.29) is 17.9 Å². The van der Waals surface area contributed by atoms with Crippen LogP contribution in [0.5, 0.6) is 5.88 Å². The smallest absolute Gasteiger partial charge is 0.257 e. The number of para-hydroxylation sites is 1. The van der Waals surface area contributed by atoms with E-state index in [4.69, 9.17) is 4.74 Å². The Hall–Kier alpha value is -2.15. The van der Waals surface area contributed by atoms with Gasteiger partial charge in [0.1, 0.15) is 0 Å². The number of benzene rings is 1. The van der Waals surface area contributed by atoms with Gasteiger partial charge in [-0.2, -0.15) is 0 Å². The normalized spacial score (nSPS) is 15.2. The predicted octanol–water partition coefficient (Wildman–Crippen LogP) is 3.88. The lowest BCUT2D eigenvalue weighted by Crippen LogP contribution is -2.39. The summed E-state index contributed by atoms with van der Waals surface area (Å²) in [6.45, 7) is 5.44. The zero-order valence-corrected chi connectivity index (χ0v) is 16.6. The second-order valence-corrected chi connectivity index (χ2v) is 7.44. The summed E-state index contributed by atoms with van der Waals surface area (Å²) in [5, 5.41) is 3.02. The zero-order chi connectivity index (χ0) is 18.5. The van der Waals surface area contributed by atoms with E-state index in [1.807, 2.05) is 38.1 Å². The van der Waals surface area contributed by atoms with Crippen molar-refractivity contribution in [2.45, 2.75) is 32.8 Å². The number of carbonyl (C=O) groups is 1. The maximum atomic E-state index is 12.6. The van der Waals surface area contributed by atoms with Crippen LogP contribution >= 0.6 is 15.9 Å². The average molecular weight is 419 g/mol. The molecule has 0 spiro atoms. The Morgan fingerprint density at radius 2 is 1.92 bits per heavy atom. The fraction of sp³-hybridized carbons (Fsp3) is 0.421. The van der Waals surface area contributed by atoms with E-state index in [0.29, 0.717) is 5.88 Å². The fourth-order valence-corrected chi connectivity index (χ4v) is 3.38. The van der Waals surface area contributed by atoms with Crippen molar-refractivity contribution in [3.63, 3.8) is 0 Å². The van der Waals surface area contributed by atoms with Crippen LogP contribution in [0, 0.1) is 5.92 Å². The van der Waals surface area contributed by atoms with Crippen LogP contribution in [0.15, 0.2) is 41.1 Å². The van der Waals surface area contributed by atoms with E-state index < -0.39 is 0 Å². The van der Waals surface area contributed by atoms with Crippen LogP contribution in [0.2, 0.25) is 0 Å². The van der Waals surface area contributed by atoms with Gasteiger partial charge in [-0.1, -0.05) is 12.1 Å². The van der Waals surface area contributed by atoms with Crippen molar-refractivity contribution in [3.8, 4) is 5.88 Å². The number of anilines is 2. The third-order valence-corrected chi connectivity index (χ3v) is 4.98. The number of hydrogen-bond acceptors (Lipinski definition) is 5. The molecule has 0 saturated carbocycles. The summed E-state index contributed by atoms with van der Waals surface area (Å²) in [6.07, 6.45) is 4.90. The molecule has 2 heterocycles. The van der Waals surface area contributed by atoms with Crippen molar-refractivity contribution in [2.75, 3.05) is 23.3 Å². The number of aromatic nitrogens is 2. The van der Waals surface area contributed by atoms with Crippen LogP contribution in [-0.2, 0) is 4.79 Å². The SMILES string of the molecule is CC(C)Oc1nccnc1N1CCC(C(=O)Nc2ccccc2Br)CC1. The second kappa shape index (κ2) is 8.49. The molecule has 6 nitrogen and oxygen atoms in total. The molecule has 1 fully saturated rings. The first-order valence-electron chi connectivity index (χ1n) is 8.82. The molecule has 3 rings (SSSR count). The van der Waals surface area contributed by atoms with Crippen molar-refractivity contribution in [3.05, 3.63) is 41.1 Å². The summed E-state index contributed by atoms with van der Waals surface area (Å²) >= 11 is 3.46. The lowest BCUT2D eigenvalue weighted by molar-refractivity contribution is -0.120. The Bertz CT molecular complexity index is 761. The number of piperidine rings is 1. The van der Waals surface area contributed by atoms with E-state index >= 15 is 0 Å². The van der Waals surface area contributed by atoms with Gasteiger partial charge < -0.3 is 15.0 Å². The Labute approximate surface area is 162 Å². The minimum absolute atomic E-state index is 0.00973. The molecule has 1 aromatic heterocycles. The van der Waals surface area contributed by atoms with E-state index in [1.165, 1.54) is 0 Å². The number of nitrogens with zero attached hydrogens (tertiary/aromatic N) is 3. The molecule has 2 aromatic rings. The lowest BCUT2D eigenvalue weighted by Gasteiger charge is -2.32. The van der Waals surface area contributed by atoms with E-state index in [9.17, 15) is 4.79 Å². The van der Waals surface area contributed by atoms with Gasteiger partial charge in [0.05, 0.1) is 11.8 Å². The number of amides is 1. The Balaban J connectivity index is 1.61. The van der Waals surface area contributed by atoms with Gasteiger partial charge in [-0.15, -0.1) is 0 Å². The van der Waals surface area contributed by atoms with Crippen LogP contribution in [0.25, 0.3) is 0 Å². The molecule has 1 amide bonds. The van der Waals surface area contributed by atoms with Crippen molar-refractivity contribution < 1.29 is 9.53 Å². The quantitative estimate of drug-likeness (QED) is 0.797. The standard InChI is InChI=1S/C19H23BrN4O2/c1-13(2)26-19-17(21-9-10-22-19)24-11-7-14(8-12-24)18(25)23-16-6-4-3-5-15(16)20/h3-6,9-10,13-14H,7-8,11-12H2,1-2H3,(H,23,25). The number of halogens is 1. The first-order chi connectivity index (χ1) is 12.5. The molecule has 26 heavy (non-hydrogen) atoms. The minimum atomic E-state index is -0.00973. The number of ether oxygens (including phenoxy) is 1. The summed E-state index contributed by atoms with van der Waals surface area (Å²) in [5.41, 5.74) is 0.807. The average Bonchev–Trinajstić information content (AvgIpc) is 2.64. The molecule has 0 radical (unpaired) electrons. The summed E-state index contributed by atoms with van der Waals surface area (Å²) < 4.78 is 6.65. The number of rotatable bonds is 5. The van der Waals surface area contributed by atoms with Gasteiger partial charge >= 0.3 is 0 Å². The predicted molar refractivity (Wildman–Crippen MR) is 106 cm³/mol. The van der Waals surface area contributed by atoms with Gasteiger partial charge in [0, 0.05) is 35.9 Å². The Kier molecular flexibility index (Phi) is 6.08. The van der Waals surface area contributed by atoms with Gasteiger partial charge in [0.25, 0.3) is 5.88 Å². The maximum Gasteiger partial charge on any atom is 0.257 e. The van der Waals surface area contributed by atoms with Gasteiger partial charge in [0.2, 0.25) is 5.91 Å². The zero-order valence-electron chi connectivity index (χ0n) is 15.0. The molecule has 7 heteroatoms. The third kappa shape index (κ3) is 4.52. The highest BCUT2D eigenvalue weighted by Gasteiger charge is 2.27. The topological polar surface area (TPSA) is 67.4 Å². The highest BCUT2D eigenvalue weighted by atomic mass is 79.9. The highest BCUT2D eigenvalue weighted by Crippen LogP contribution is 2.29. The lowest BCUT2D eigenvalue weighted by atomic mass is 9.96. The molecule has 0 aliphatic carbocycles. The first-order valence-corrected chi connectivity index (χ1v) is 9.62. The van der Waals surface area contributed by atoms with Crippen molar-refractivity contribution in [1.82, 2.24) is 9.97 Å². The van der Waals surface area contributed by atoms with Crippen LogP contribution in [0.1, 0.15) is 26.7 Å². The van der Waals surface area contributed by atoms with Gasteiger partial charge in [0.15, 0.2) is 5.82 Å². The summed E-state index contributed by atoms with van der Waals surface area (Å²) in [4.78, 5) is 23.5. The van der Waals surface area contributed by atoms with Crippen LogP contribution in [0.4, 0.5) is 11.5 Å². The molecule has 1 aliphatic heterocycles. The molecular weight excluding hydrogens is 396 g/mol. The number of nitrogens with one attached hydrogen (secondary N) is 1. The summed E-state index contributed by atoms with van der Waals surface area (Å²) in [7, 11) is 0. The van der Waals surface area contributed by atoms with Crippen LogP contribution in [-0.4, -0.2) is 35.1 Å². The molecule has 0 unspecified atom stereocenters. The summed E-state index contributed by atoms with van der Waals surface area (Å²) in [5.74, 6) is 1.36. The second-order valence-electron chi connectivity index (χ2n) is 6.58. The first kappa shape index (κ1) is 18.6. The van der Waals surface area contributed by atoms with E-state index in [1.54, 1.807) is 12.4 Å². The molecule has 1 saturated heterocycles. The van der Waals surface area contributed by atoms with Gasteiger partial charge in [-0.3, -0.25) is 4.79 Å². The van der Waals surface area contributed by atoms with Gasteiger partial charge in [-0.05, 0) is 54.8 Å². The molecule has 0 bridgehead atoms. The van der Waals surface area contributed by atoms with Gasteiger partial charge in [-0.25, -0.2) is 9.97 Å². The van der Waals surface area contributed by atoms with E-state index in [0.717, 1.165) is 41.9 Å². The summed E-state index contributed by atoms with van der Waals surface area (Å²) in [6, 6.07) is 7.65. The molecule has 138 valence electrons. The van der Waals surface area contributed by atoms with Crippen molar-refractivity contribution >= 4 is 33.3 Å². The highest BCUT2D eigenvalue weighted by molar-refractivity contribution is 9.10. The molecule has 1 aromatic carbocycles.